The molecule has 3 N–H and O–H groups in total. The summed E-state index contributed by atoms with van der Waals surface area (Å²) in [4.78, 5) is 12.5. The Morgan fingerprint density at radius 3 is 2.55 bits per heavy atom. The SMILES string of the molecule is Cc1ccc(S(=O)CC(=O)Nc2cccc(N)c2)cc1. The van der Waals surface area contributed by atoms with Gasteiger partial charge in [-0.05, 0) is 37.3 Å². The van der Waals surface area contributed by atoms with Gasteiger partial charge in [0.1, 0.15) is 5.75 Å². The number of aryl methyl sites for hydroxylation is 1. The summed E-state index contributed by atoms with van der Waals surface area (Å²) in [5.74, 6) is -0.368. The van der Waals surface area contributed by atoms with Gasteiger partial charge in [0.05, 0.1) is 10.8 Å². The van der Waals surface area contributed by atoms with Crippen LogP contribution in [-0.4, -0.2) is 15.9 Å². The van der Waals surface area contributed by atoms with Crippen LogP contribution in [0.5, 0.6) is 0 Å². The average Bonchev–Trinajstić information content (AvgIpc) is 2.39. The second kappa shape index (κ2) is 6.34. The number of carbonyl (C=O) groups is 1. The Morgan fingerprint density at radius 2 is 1.90 bits per heavy atom. The van der Waals surface area contributed by atoms with Crippen molar-refractivity contribution in [2.75, 3.05) is 16.8 Å². The summed E-state index contributed by atoms with van der Waals surface area (Å²) >= 11 is 0. The van der Waals surface area contributed by atoms with Gasteiger partial charge >= 0.3 is 0 Å². The average molecular weight is 288 g/mol. The minimum Gasteiger partial charge on any atom is -0.399 e. The van der Waals surface area contributed by atoms with E-state index in [1.807, 2.05) is 19.1 Å². The molecule has 1 atom stereocenters. The number of rotatable bonds is 4. The van der Waals surface area contributed by atoms with Crippen molar-refractivity contribution in [2.45, 2.75) is 11.8 Å². The lowest BCUT2D eigenvalue weighted by Gasteiger charge is -2.06. The summed E-state index contributed by atoms with van der Waals surface area (Å²) in [7, 11) is -1.34. The second-order valence-corrected chi connectivity index (χ2v) is 5.93. The number of nitrogen functional groups attached to an aromatic ring is 1. The molecule has 0 heterocycles. The van der Waals surface area contributed by atoms with E-state index in [1.54, 1.807) is 36.4 Å². The highest BCUT2D eigenvalue weighted by Gasteiger charge is 2.10. The molecule has 104 valence electrons. The first-order chi connectivity index (χ1) is 9.54. The largest absolute Gasteiger partial charge is 0.399 e. The molecule has 2 aromatic rings. The Balaban J connectivity index is 1.97. The van der Waals surface area contributed by atoms with Crippen LogP contribution in [0.3, 0.4) is 0 Å². The smallest absolute Gasteiger partial charge is 0.237 e. The molecule has 1 amide bonds. The van der Waals surface area contributed by atoms with Gasteiger partial charge in [0.2, 0.25) is 5.91 Å². The lowest BCUT2D eigenvalue weighted by atomic mass is 10.2. The lowest BCUT2D eigenvalue weighted by molar-refractivity contribution is -0.113. The van der Waals surface area contributed by atoms with Crippen LogP contribution in [0.15, 0.2) is 53.4 Å². The quantitative estimate of drug-likeness (QED) is 0.848. The van der Waals surface area contributed by atoms with Gasteiger partial charge in [0.25, 0.3) is 0 Å². The number of nitrogens with one attached hydrogen (secondary N) is 1. The molecule has 20 heavy (non-hydrogen) atoms. The van der Waals surface area contributed by atoms with E-state index in [0.717, 1.165) is 5.56 Å². The lowest BCUT2D eigenvalue weighted by Crippen LogP contribution is -2.19. The van der Waals surface area contributed by atoms with Gasteiger partial charge in [-0.1, -0.05) is 23.8 Å². The zero-order chi connectivity index (χ0) is 14.5. The molecule has 0 aliphatic heterocycles. The van der Waals surface area contributed by atoms with Gasteiger partial charge in [0, 0.05) is 16.3 Å². The first-order valence-electron chi connectivity index (χ1n) is 6.15. The van der Waals surface area contributed by atoms with E-state index in [9.17, 15) is 9.00 Å². The maximum atomic E-state index is 12.0. The fourth-order valence-corrected chi connectivity index (χ4v) is 2.62. The molecule has 2 rings (SSSR count). The van der Waals surface area contributed by atoms with E-state index in [1.165, 1.54) is 0 Å². The van der Waals surface area contributed by atoms with E-state index in [2.05, 4.69) is 5.32 Å². The second-order valence-electron chi connectivity index (χ2n) is 4.48. The van der Waals surface area contributed by atoms with Crippen LogP contribution in [0, 0.1) is 6.92 Å². The van der Waals surface area contributed by atoms with Crippen LogP contribution >= 0.6 is 0 Å². The summed E-state index contributed by atoms with van der Waals surface area (Å²) in [6.45, 7) is 1.96. The maximum absolute atomic E-state index is 12.0. The normalized spacial score (nSPS) is 11.8. The molecular formula is C15H16N2O2S. The third kappa shape index (κ3) is 3.93. The monoisotopic (exact) mass is 288 g/mol. The molecule has 0 saturated heterocycles. The molecular weight excluding hydrogens is 272 g/mol. The topological polar surface area (TPSA) is 72.2 Å². The van der Waals surface area contributed by atoms with Crippen molar-refractivity contribution in [1.82, 2.24) is 0 Å². The molecule has 0 aromatic heterocycles. The van der Waals surface area contributed by atoms with Gasteiger partial charge in [0.15, 0.2) is 0 Å². The zero-order valence-electron chi connectivity index (χ0n) is 11.1. The van der Waals surface area contributed by atoms with Crippen molar-refractivity contribution in [1.29, 1.82) is 0 Å². The number of carbonyl (C=O) groups excluding carboxylic acids is 1. The Bertz CT molecular complexity index is 639. The summed E-state index contributed by atoms with van der Waals surface area (Å²) in [6, 6.07) is 14.2. The van der Waals surface area contributed by atoms with Crippen LogP contribution < -0.4 is 11.1 Å². The van der Waals surface area contributed by atoms with Crippen molar-refractivity contribution >= 4 is 28.1 Å². The highest BCUT2D eigenvalue weighted by atomic mass is 32.2. The van der Waals surface area contributed by atoms with Crippen molar-refractivity contribution in [2.24, 2.45) is 0 Å². The molecule has 5 heteroatoms. The number of hydrogen-bond acceptors (Lipinski definition) is 3. The third-order valence-electron chi connectivity index (χ3n) is 2.72. The molecule has 0 radical (unpaired) electrons. The highest BCUT2D eigenvalue weighted by Crippen LogP contribution is 2.13. The van der Waals surface area contributed by atoms with Gasteiger partial charge in [-0.3, -0.25) is 9.00 Å². The maximum Gasteiger partial charge on any atom is 0.237 e. The standard InChI is InChI=1S/C15H16N2O2S/c1-11-5-7-14(8-6-11)20(19)10-15(18)17-13-4-2-3-12(16)9-13/h2-9H,10,16H2,1H3,(H,17,18). The number of amides is 1. The van der Waals surface area contributed by atoms with Crippen LogP contribution in [0.4, 0.5) is 11.4 Å². The number of hydrogen-bond donors (Lipinski definition) is 2. The van der Waals surface area contributed by atoms with E-state index in [4.69, 9.17) is 5.73 Å². The van der Waals surface area contributed by atoms with E-state index >= 15 is 0 Å². The Labute approximate surface area is 120 Å². The molecule has 0 aliphatic carbocycles. The predicted molar refractivity (Wildman–Crippen MR) is 81.9 cm³/mol. The van der Waals surface area contributed by atoms with Crippen LogP contribution in [0.2, 0.25) is 0 Å². The summed E-state index contributed by atoms with van der Waals surface area (Å²) in [6.07, 6.45) is 0. The molecule has 0 saturated carbocycles. The molecule has 0 fully saturated rings. The van der Waals surface area contributed by atoms with Crippen molar-refractivity contribution in [3.05, 3.63) is 54.1 Å². The first-order valence-corrected chi connectivity index (χ1v) is 7.47. The van der Waals surface area contributed by atoms with Gasteiger partial charge in [-0.15, -0.1) is 0 Å². The fraction of sp³-hybridized carbons (Fsp3) is 0.133. The Morgan fingerprint density at radius 1 is 1.20 bits per heavy atom. The molecule has 1 unspecified atom stereocenters. The Hall–Kier alpha value is -2.14. The molecule has 0 aliphatic rings. The fourth-order valence-electron chi connectivity index (χ4n) is 1.71. The van der Waals surface area contributed by atoms with Crippen molar-refractivity contribution in [3.63, 3.8) is 0 Å². The van der Waals surface area contributed by atoms with Gasteiger partial charge in [-0.25, -0.2) is 0 Å². The Kier molecular flexibility index (Phi) is 4.53. The molecule has 4 nitrogen and oxygen atoms in total. The van der Waals surface area contributed by atoms with Crippen LogP contribution in [-0.2, 0) is 15.6 Å². The summed E-state index contributed by atoms with van der Waals surface area (Å²) < 4.78 is 12.0. The predicted octanol–water partition coefficient (Wildman–Crippen LogP) is 2.32. The number of anilines is 2. The number of nitrogens with two attached hydrogens (primary N) is 1. The summed E-state index contributed by atoms with van der Waals surface area (Å²) in [5.41, 5.74) is 7.90. The van der Waals surface area contributed by atoms with Crippen LogP contribution in [0.1, 0.15) is 5.56 Å². The molecule has 0 spiro atoms. The molecule has 2 aromatic carbocycles. The van der Waals surface area contributed by atoms with E-state index in [-0.39, 0.29) is 11.7 Å². The van der Waals surface area contributed by atoms with E-state index < -0.39 is 10.8 Å². The minimum absolute atomic E-state index is 0.0716. The number of benzene rings is 2. The van der Waals surface area contributed by atoms with Gasteiger partial charge < -0.3 is 11.1 Å². The summed E-state index contributed by atoms with van der Waals surface area (Å²) in [5, 5.41) is 2.68. The zero-order valence-corrected chi connectivity index (χ0v) is 11.9. The third-order valence-corrected chi connectivity index (χ3v) is 4.04. The van der Waals surface area contributed by atoms with Crippen LogP contribution in [0.25, 0.3) is 0 Å². The van der Waals surface area contributed by atoms with Crippen molar-refractivity contribution in [3.8, 4) is 0 Å². The first kappa shape index (κ1) is 14.3. The van der Waals surface area contributed by atoms with Crippen molar-refractivity contribution < 1.29 is 9.00 Å². The van der Waals surface area contributed by atoms with Gasteiger partial charge in [-0.2, -0.15) is 0 Å². The van der Waals surface area contributed by atoms with E-state index in [0.29, 0.717) is 16.3 Å². The highest BCUT2D eigenvalue weighted by molar-refractivity contribution is 7.85. The minimum atomic E-state index is -1.34. The molecule has 0 bridgehead atoms.